The van der Waals surface area contributed by atoms with Crippen LogP contribution in [0.3, 0.4) is 0 Å². The number of unbranched alkanes of at least 4 members (excludes halogenated alkanes) is 28. The maximum Gasteiger partial charge on any atom is 0.306 e. The predicted molar refractivity (Wildman–Crippen MR) is 261 cm³/mol. The Morgan fingerprint density at radius 3 is 1.05 bits per heavy atom. The fourth-order valence-corrected chi connectivity index (χ4v) is 7.32. The molecule has 0 aromatic heterocycles. The fraction of sp³-hybridized carbons (Fsp3) is 0.800. The van der Waals surface area contributed by atoms with Gasteiger partial charge in [0, 0.05) is 19.3 Å². The van der Waals surface area contributed by atoms with Crippen molar-refractivity contribution >= 4 is 17.9 Å². The third-order valence-corrected chi connectivity index (χ3v) is 11.3. The van der Waals surface area contributed by atoms with Gasteiger partial charge in [-0.1, -0.05) is 223 Å². The van der Waals surface area contributed by atoms with E-state index < -0.39 is 6.10 Å². The maximum absolute atomic E-state index is 12.7. The summed E-state index contributed by atoms with van der Waals surface area (Å²) in [5.74, 6) is -0.947. The molecule has 0 spiro atoms. The van der Waals surface area contributed by atoms with Crippen molar-refractivity contribution in [3.63, 3.8) is 0 Å². The summed E-state index contributed by atoms with van der Waals surface area (Å²) in [6.07, 6.45) is 59.6. The Morgan fingerprint density at radius 2 is 0.623 bits per heavy atom. The lowest BCUT2D eigenvalue weighted by molar-refractivity contribution is -0.167. The van der Waals surface area contributed by atoms with E-state index in [2.05, 4.69) is 69.4 Å². The van der Waals surface area contributed by atoms with Crippen LogP contribution in [0.5, 0.6) is 0 Å². The molecular formula is C55H98O6. The zero-order valence-electron chi connectivity index (χ0n) is 40.4. The highest BCUT2D eigenvalue weighted by molar-refractivity contribution is 5.71. The summed E-state index contributed by atoms with van der Waals surface area (Å²) in [5, 5.41) is 0. The summed E-state index contributed by atoms with van der Waals surface area (Å²) < 4.78 is 16.7. The molecule has 0 aliphatic carbocycles. The lowest BCUT2D eigenvalue weighted by atomic mass is 10.0. The molecule has 6 heteroatoms. The molecule has 0 amide bonds. The van der Waals surface area contributed by atoms with Crippen LogP contribution in [0.25, 0.3) is 0 Å². The highest BCUT2D eigenvalue weighted by Crippen LogP contribution is 2.15. The van der Waals surface area contributed by atoms with E-state index >= 15 is 0 Å². The Hall–Kier alpha value is -2.63. The van der Waals surface area contributed by atoms with Gasteiger partial charge in [0.25, 0.3) is 0 Å². The van der Waals surface area contributed by atoms with Crippen LogP contribution >= 0.6 is 0 Å². The van der Waals surface area contributed by atoms with Crippen molar-refractivity contribution in [2.75, 3.05) is 13.2 Å². The van der Waals surface area contributed by atoms with E-state index in [0.717, 1.165) is 70.6 Å². The molecule has 0 fully saturated rings. The first-order valence-corrected chi connectivity index (χ1v) is 26.1. The van der Waals surface area contributed by atoms with E-state index in [4.69, 9.17) is 14.2 Å². The molecule has 0 rings (SSSR count). The number of hydrogen-bond donors (Lipinski definition) is 0. The number of carbonyl (C=O) groups excluding carboxylic acids is 3. The Bertz CT molecular complexity index is 1070. The predicted octanol–water partition coefficient (Wildman–Crippen LogP) is 17.1. The van der Waals surface area contributed by atoms with Crippen LogP contribution in [-0.2, 0) is 28.6 Å². The van der Waals surface area contributed by atoms with Gasteiger partial charge < -0.3 is 14.2 Å². The van der Waals surface area contributed by atoms with Crippen molar-refractivity contribution in [2.45, 2.75) is 271 Å². The largest absolute Gasteiger partial charge is 0.462 e. The van der Waals surface area contributed by atoms with E-state index in [-0.39, 0.29) is 37.5 Å². The van der Waals surface area contributed by atoms with Gasteiger partial charge >= 0.3 is 17.9 Å². The van der Waals surface area contributed by atoms with E-state index in [1.807, 2.05) is 0 Å². The monoisotopic (exact) mass is 855 g/mol. The number of carbonyl (C=O) groups is 3. The highest BCUT2D eigenvalue weighted by Gasteiger charge is 2.19. The third kappa shape index (κ3) is 48.3. The smallest absolute Gasteiger partial charge is 0.306 e. The van der Waals surface area contributed by atoms with Gasteiger partial charge in [-0.3, -0.25) is 14.4 Å². The quantitative estimate of drug-likeness (QED) is 0.0263. The average molecular weight is 855 g/mol. The van der Waals surface area contributed by atoms with Gasteiger partial charge in [-0.2, -0.15) is 0 Å². The maximum atomic E-state index is 12.7. The lowest BCUT2D eigenvalue weighted by Gasteiger charge is -2.18. The summed E-state index contributed by atoms with van der Waals surface area (Å²) >= 11 is 0. The van der Waals surface area contributed by atoms with Crippen molar-refractivity contribution in [3.05, 3.63) is 48.6 Å². The number of hydrogen-bond acceptors (Lipinski definition) is 6. The van der Waals surface area contributed by atoms with Crippen molar-refractivity contribution < 1.29 is 28.6 Å². The number of rotatable bonds is 47. The summed E-state index contributed by atoms with van der Waals surface area (Å²) in [6.45, 7) is 6.56. The molecule has 0 N–H and O–H groups in total. The molecule has 0 heterocycles. The minimum atomic E-state index is -0.793. The zero-order chi connectivity index (χ0) is 44.4. The van der Waals surface area contributed by atoms with Gasteiger partial charge in [-0.25, -0.2) is 0 Å². The fourth-order valence-electron chi connectivity index (χ4n) is 7.32. The third-order valence-electron chi connectivity index (χ3n) is 11.3. The molecule has 0 unspecified atom stereocenters. The number of allylic oxidation sites excluding steroid dienone is 8. The second-order valence-corrected chi connectivity index (χ2v) is 17.4. The van der Waals surface area contributed by atoms with Crippen LogP contribution in [0.15, 0.2) is 48.6 Å². The molecule has 1 atom stereocenters. The van der Waals surface area contributed by atoms with Crippen LogP contribution in [0, 0.1) is 0 Å². The number of ether oxygens (including phenoxy) is 3. The molecular weight excluding hydrogens is 757 g/mol. The molecule has 0 saturated heterocycles. The summed E-state index contributed by atoms with van der Waals surface area (Å²) in [4.78, 5) is 37.9. The minimum Gasteiger partial charge on any atom is -0.462 e. The highest BCUT2D eigenvalue weighted by atomic mass is 16.6. The van der Waals surface area contributed by atoms with E-state index in [1.54, 1.807) is 0 Å². The second-order valence-electron chi connectivity index (χ2n) is 17.4. The van der Waals surface area contributed by atoms with Crippen molar-refractivity contribution in [1.29, 1.82) is 0 Å². The molecule has 6 nitrogen and oxygen atoms in total. The van der Waals surface area contributed by atoms with Crippen LogP contribution in [0.2, 0.25) is 0 Å². The number of esters is 3. The molecule has 61 heavy (non-hydrogen) atoms. The zero-order valence-corrected chi connectivity index (χ0v) is 40.4. The normalized spacial score (nSPS) is 12.4. The molecule has 354 valence electrons. The van der Waals surface area contributed by atoms with Crippen molar-refractivity contribution in [3.8, 4) is 0 Å². The SMILES string of the molecule is CCCC/C=C\CCCCCCCC(=O)O[C@H](COC(=O)CCC/C=C\C/C=C\C/C=C\CCCCCCCC)COC(=O)CCCCCCCCCCCCCCCCC. The molecule has 0 radical (unpaired) electrons. The Morgan fingerprint density at radius 1 is 0.328 bits per heavy atom. The van der Waals surface area contributed by atoms with Gasteiger partial charge in [0.1, 0.15) is 13.2 Å². The molecule has 0 aliphatic rings. The van der Waals surface area contributed by atoms with Gasteiger partial charge in [0.15, 0.2) is 6.10 Å². The van der Waals surface area contributed by atoms with Crippen LogP contribution in [-0.4, -0.2) is 37.2 Å². The standard InChI is InChI=1S/C55H98O6/c1-4-7-10-13-16-19-22-24-26-27-29-31-34-36-39-42-45-48-54(57)60-51-52(61-55(58)49-46-43-40-37-32-21-18-15-12-9-6-3)50-59-53(56)47-44-41-38-35-33-30-28-25-23-20-17-14-11-8-5-2/h15,18,24,26,29,31,36,39,52H,4-14,16-17,19-23,25,27-28,30,32-35,37-38,40-51H2,1-3H3/b18-15-,26-24-,31-29-,39-36-/t52-/m0/s1. The lowest BCUT2D eigenvalue weighted by Crippen LogP contribution is -2.30. The second kappa shape index (κ2) is 50.0. The van der Waals surface area contributed by atoms with Gasteiger partial charge in [-0.05, 0) is 70.6 Å². The van der Waals surface area contributed by atoms with E-state index in [9.17, 15) is 14.4 Å². The first-order chi connectivity index (χ1) is 30.0. The minimum absolute atomic E-state index is 0.0897. The first kappa shape index (κ1) is 58.4. The van der Waals surface area contributed by atoms with E-state index in [1.165, 1.54) is 148 Å². The molecule has 0 aliphatic heterocycles. The molecule has 0 aromatic carbocycles. The Balaban J connectivity index is 4.40. The Labute approximate surface area is 378 Å². The van der Waals surface area contributed by atoms with Crippen molar-refractivity contribution in [1.82, 2.24) is 0 Å². The van der Waals surface area contributed by atoms with Crippen molar-refractivity contribution in [2.24, 2.45) is 0 Å². The first-order valence-electron chi connectivity index (χ1n) is 26.1. The topological polar surface area (TPSA) is 78.9 Å². The average Bonchev–Trinajstić information content (AvgIpc) is 3.26. The van der Waals surface area contributed by atoms with Gasteiger partial charge in [0.2, 0.25) is 0 Å². The summed E-state index contributed by atoms with van der Waals surface area (Å²) in [6, 6.07) is 0. The summed E-state index contributed by atoms with van der Waals surface area (Å²) in [5.41, 5.74) is 0. The summed E-state index contributed by atoms with van der Waals surface area (Å²) in [7, 11) is 0. The van der Waals surface area contributed by atoms with Crippen LogP contribution < -0.4 is 0 Å². The van der Waals surface area contributed by atoms with Crippen LogP contribution in [0.4, 0.5) is 0 Å². The molecule has 0 saturated carbocycles. The van der Waals surface area contributed by atoms with Crippen LogP contribution in [0.1, 0.15) is 265 Å². The molecule has 0 bridgehead atoms. The van der Waals surface area contributed by atoms with Gasteiger partial charge in [0.05, 0.1) is 0 Å². The van der Waals surface area contributed by atoms with E-state index in [0.29, 0.717) is 19.3 Å². The molecule has 0 aromatic rings. The van der Waals surface area contributed by atoms with Gasteiger partial charge in [-0.15, -0.1) is 0 Å². The Kier molecular flexibility index (Phi) is 47.9.